The normalized spacial score (nSPS) is 15.6. The van der Waals surface area contributed by atoms with Crippen LogP contribution in [0, 0.1) is 13.8 Å². The summed E-state index contributed by atoms with van der Waals surface area (Å²) in [6, 6.07) is 22.1. The number of aromatic nitrogens is 2. The fourth-order valence-electron chi connectivity index (χ4n) is 4.30. The molecule has 3 aromatic carbocycles. The highest BCUT2D eigenvalue weighted by molar-refractivity contribution is 5.98. The molecule has 0 spiro atoms. The van der Waals surface area contributed by atoms with Crippen LogP contribution in [0.5, 0.6) is 0 Å². The first kappa shape index (κ1) is 21.3. The molecule has 0 aliphatic carbocycles. The van der Waals surface area contributed by atoms with Crippen LogP contribution in [-0.2, 0) is 4.74 Å². The van der Waals surface area contributed by atoms with Crippen LogP contribution in [0.1, 0.15) is 34.3 Å². The van der Waals surface area contributed by atoms with Crippen LogP contribution in [0.3, 0.4) is 0 Å². The average Bonchev–Trinajstić information content (AvgIpc) is 3.35. The second-order valence-electron chi connectivity index (χ2n) is 8.71. The van der Waals surface area contributed by atoms with E-state index in [-0.39, 0.29) is 12.0 Å². The summed E-state index contributed by atoms with van der Waals surface area (Å²) in [5, 5.41) is 2.99. The number of aryl methyl sites for hydroxylation is 2. The fraction of sp³-hybridized carbons (Fsp3) is 0.250. The van der Waals surface area contributed by atoms with Crippen molar-refractivity contribution in [1.82, 2.24) is 15.3 Å². The predicted octanol–water partition coefficient (Wildman–Crippen LogP) is 5.49. The van der Waals surface area contributed by atoms with Crippen LogP contribution in [0.4, 0.5) is 0 Å². The number of fused-ring (bicyclic) bond motifs is 1. The van der Waals surface area contributed by atoms with Crippen LogP contribution >= 0.6 is 0 Å². The predicted molar refractivity (Wildman–Crippen MR) is 131 cm³/mol. The molecule has 1 atom stereocenters. The minimum atomic E-state index is -0.117. The number of benzene rings is 3. The van der Waals surface area contributed by atoms with Gasteiger partial charge in [-0.05, 0) is 57.0 Å². The molecule has 1 fully saturated rings. The first-order valence-electron chi connectivity index (χ1n) is 11.4. The number of rotatable bonds is 5. The number of carbonyl (C=O) groups excluding carboxylic acids is 1. The number of nitrogens with zero attached hydrogens (tertiary/aromatic N) is 2. The fourth-order valence-corrected chi connectivity index (χ4v) is 4.30. The lowest BCUT2D eigenvalue weighted by molar-refractivity contribution is 0.0858. The Balaban J connectivity index is 1.56. The maximum absolute atomic E-state index is 12.8. The molecule has 2 heterocycles. The van der Waals surface area contributed by atoms with E-state index in [9.17, 15) is 4.79 Å². The number of nitrogens with one attached hydrogen (secondary N) is 1. The highest BCUT2D eigenvalue weighted by atomic mass is 16.5. The lowest BCUT2D eigenvalue weighted by Gasteiger charge is -2.13. The molecular weight excluding hydrogens is 410 g/mol. The Kier molecular flexibility index (Phi) is 5.88. The lowest BCUT2D eigenvalue weighted by Crippen LogP contribution is -2.31. The van der Waals surface area contributed by atoms with Gasteiger partial charge >= 0.3 is 0 Å². The summed E-state index contributed by atoms with van der Waals surface area (Å²) in [7, 11) is 0. The van der Waals surface area contributed by atoms with Crippen molar-refractivity contribution in [3.8, 4) is 22.5 Å². The van der Waals surface area contributed by atoms with Crippen LogP contribution in [0.2, 0.25) is 0 Å². The molecule has 0 radical (unpaired) electrons. The summed E-state index contributed by atoms with van der Waals surface area (Å²) in [5.41, 5.74) is 8.06. The van der Waals surface area contributed by atoms with Crippen LogP contribution in [-0.4, -0.2) is 35.1 Å². The average molecular weight is 438 g/mol. The number of hydrogen-bond acceptors (Lipinski definition) is 4. The molecule has 5 nitrogen and oxygen atoms in total. The van der Waals surface area contributed by atoms with Crippen molar-refractivity contribution >= 4 is 16.9 Å². The zero-order valence-electron chi connectivity index (χ0n) is 19.0. The SMILES string of the molecule is Cc1cccc(-c2nc3ccc(C(=O)NC[C@@H]4CCCO4)cc3nc2-c2cccc(C)c2)c1. The number of carbonyl (C=O) groups is 1. The van der Waals surface area contributed by atoms with Crippen molar-refractivity contribution in [3.63, 3.8) is 0 Å². The maximum atomic E-state index is 12.8. The van der Waals surface area contributed by atoms with Gasteiger partial charge in [-0.3, -0.25) is 4.79 Å². The van der Waals surface area contributed by atoms with Gasteiger partial charge in [0.05, 0.1) is 28.5 Å². The zero-order valence-corrected chi connectivity index (χ0v) is 19.0. The van der Waals surface area contributed by atoms with Crippen molar-refractivity contribution in [3.05, 3.63) is 83.4 Å². The van der Waals surface area contributed by atoms with Gasteiger partial charge in [-0.15, -0.1) is 0 Å². The molecule has 0 bridgehead atoms. The van der Waals surface area contributed by atoms with E-state index in [2.05, 4.69) is 55.6 Å². The summed E-state index contributed by atoms with van der Waals surface area (Å²) < 4.78 is 5.61. The van der Waals surface area contributed by atoms with Gasteiger partial charge in [0.15, 0.2) is 0 Å². The second kappa shape index (κ2) is 9.12. The topological polar surface area (TPSA) is 64.1 Å². The van der Waals surface area contributed by atoms with Crippen LogP contribution in [0.25, 0.3) is 33.5 Å². The summed E-state index contributed by atoms with van der Waals surface area (Å²) in [6.07, 6.45) is 2.15. The Morgan fingerprint density at radius 1 is 0.909 bits per heavy atom. The van der Waals surface area contributed by atoms with Crippen molar-refractivity contribution in [1.29, 1.82) is 0 Å². The molecular formula is C28H27N3O2. The first-order valence-corrected chi connectivity index (χ1v) is 11.4. The van der Waals surface area contributed by atoms with Crippen LogP contribution < -0.4 is 5.32 Å². The summed E-state index contributed by atoms with van der Waals surface area (Å²) in [6.45, 7) is 5.45. The Labute approximate surface area is 193 Å². The highest BCUT2D eigenvalue weighted by Gasteiger charge is 2.18. The van der Waals surface area contributed by atoms with Crippen molar-refractivity contribution in [2.24, 2.45) is 0 Å². The number of hydrogen-bond donors (Lipinski definition) is 1. The minimum Gasteiger partial charge on any atom is -0.376 e. The Bertz CT molecular complexity index is 1330. The molecule has 1 saturated heterocycles. The molecule has 5 heteroatoms. The smallest absolute Gasteiger partial charge is 0.251 e. The van der Waals surface area contributed by atoms with E-state index in [1.165, 1.54) is 5.56 Å². The molecule has 1 amide bonds. The van der Waals surface area contributed by atoms with Gasteiger partial charge in [0, 0.05) is 29.8 Å². The minimum absolute atomic E-state index is 0.110. The second-order valence-corrected chi connectivity index (χ2v) is 8.71. The van der Waals surface area contributed by atoms with Gasteiger partial charge in [-0.2, -0.15) is 0 Å². The third-order valence-corrected chi connectivity index (χ3v) is 6.02. The van der Waals surface area contributed by atoms with Gasteiger partial charge in [0.2, 0.25) is 0 Å². The maximum Gasteiger partial charge on any atom is 0.251 e. The van der Waals surface area contributed by atoms with Crippen LogP contribution in [0.15, 0.2) is 66.7 Å². The molecule has 33 heavy (non-hydrogen) atoms. The Hall–Kier alpha value is -3.57. The molecule has 1 aliphatic rings. The van der Waals surface area contributed by atoms with E-state index in [0.717, 1.165) is 53.0 Å². The van der Waals surface area contributed by atoms with E-state index in [0.29, 0.717) is 17.6 Å². The molecule has 0 unspecified atom stereocenters. The Morgan fingerprint density at radius 3 is 2.18 bits per heavy atom. The third-order valence-electron chi connectivity index (χ3n) is 6.02. The Morgan fingerprint density at radius 2 is 1.58 bits per heavy atom. The number of amides is 1. The summed E-state index contributed by atoms with van der Waals surface area (Å²) >= 11 is 0. The molecule has 4 aromatic rings. The quantitative estimate of drug-likeness (QED) is 0.448. The molecule has 1 N–H and O–H groups in total. The van der Waals surface area contributed by atoms with E-state index >= 15 is 0 Å². The molecule has 166 valence electrons. The summed E-state index contributed by atoms with van der Waals surface area (Å²) in [5.74, 6) is -0.117. The van der Waals surface area contributed by atoms with Gasteiger partial charge < -0.3 is 10.1 Å². The standard InChI is InChI=1S/C28H27N3O2/c1-18-6-3-8-20(14-18)26-27(21-9-4-7-19(2)15-21)31-25-16-22(11-12-24(25)30-26)28(32)29-17-23-10-5-13-33-23/h3-4,6-9,11-12,14-16,23H,5,10,13,17H2,1-2H3,(H,29,32)/t23-/m0/s1. The molecule has 1 aliphatic heterocycles. The van der Waals surface area contributed by atoms with Crippen molar-refractivity contribution in [2.45, 2.75) is 32.8 Å². The third kappa shape index (κ3) is 4.64. The van der Waals surface area contributed by atoms with Gasteiger partial charge in [0.1, 0.15) is 0 Å². The molecule has 1 aromatic heterocycles. The summed E-state index contributed by atoms with van der Waals surface area (Å²) in [4.78, 5) is 22.7. The first-order chi connectivity index (χ1) is 16.1. The van der Waals surface area contributed by atoms with E-state index < -0.39 is 0 Å². The van der Waals surface area contributed by atoms with Gasteiger partial charge in [-0.25, -0.2) is 9.97 Å². The molecule has 0 saturated carbocycles. The van der Waals surface area contributed by atoms with Gasteiger partial charge in [-0.1, -0.05) is 47.5 Å². The van der Waals surface area contributed by atoms with Crippen molar-refractivity contribution in [2.75, 3.05) is 13.2 Å². The van der Waals surface area contributed by atoms with E-state index in [1.807, 2.05) is 30.3 Å². The zero-order chi connectivity index (χ0) is 22.8. The van der Waals surface area contributed by atoms with Gasteiger partial charge in [0.25, 0.3) is 5.91 Å². The van der Waals surface area contributed by atoms with Crippen molar-refractivity contribution < 1.29 is 9.53 Å². The van der Waals surface area contributed by atoms with E-state index in [4.69, 9.17) is 14.7 Å². The van der Waals surface area contributed by atoms with E-state index in [1.54, 1.807) is 0 Å². The lowest BCUT2D eigenvalue weighted by atomic mass is 10.0. The molecule has 5 rings (SSSR count). The number of ether oxygens (including phenoxy) is 1. The highest BCUT2D eigenvalue weighted by Crippen LogP contribution is 2.32. The largest absolute Gasteiger partial charge is 0.376 e. The monoisotopic (exact) mass is 437 g/mol.